The van der Waals surface area contributed by atoms with Gasteiger partial charge in [0.05, 0.1) is 12.7 Å². The molecule has 0 saturated heterocycles. The Kier molecular flexibility index (Phi) is 4.99. The third-order valence-corrected chi connectivity index (χ3v) is 4.45. The summed E-state index contributed by atoms with van der Waals surface area (Å²) >= 11 is 3.54. The first kappa shape index (κ1) is 14.5. The van der Waals surface area contributed by atoms with E-state index in [2.05, 4.69) is 27.9 Å². The maximum atomic E-state index is 11.4. The summed E-state index contributed by atoms with van der Waals surface area (Å²) in [4.78, 5) is 13.8. The number of halogens is 1. The molecule has 1 aliphatic rings. The van der Waals surface area contributed by atoms with Crippen LogP contribution in [0, 0.1) is 5.92 Å². The minimum absolute atomic E-state index is 0.296. The first-order chi connectivity index (χ1) is 9.10. The summed E-state index contributed by atoms with van der Waals surface area (Å²) in [7, 11) is 3.55. The van der Waals surface area contributed by atoms with Crippen LogP contribution in [-0.4, -0.2) is 31.6 Å². The van der Waals surface area contributed by atoms with Gasteiger partial charge in [-0.15, -0.1) is 0 Å². The molecule has 3 nitrogen and oxygen atoms in total. The van der Waals surface area contributed by atoms with E-state index in [4.69, 9.17) is 4.74 Å². The van der Waals surface area contributed by atoms with Crippen LogP contribution in [0.2, 0.25) is 0 Å². The van der Waals surface area contributed by atoms with Crippen LogP contribution in [0.15, 0.2) is 22.7 Å². The van der Waals surface area contributed by atoms with Crippen LogP contribution in [0.4, 0.5) is 0 Å². The number of ether oxygens (including phenoxy) is 1. The second kappa shape index (κ2) is 6.53. The summed E-state index contributed by atoms with van der Waals surface area (Å²) in [5.41, 5.74) is 1.79. The molecule has 0 N–H and O–H groups in total. The normalized spacial score (nSPS) is 15.4. The van der Waals surface area contributed by atoms with E-state index >= 15 is 0 Å². The molecule has 1 aromatic carbocycles. The van der Waals surface area contributed by atoms with Gasteiger partial charge in [-0.2, -0.15) is 0 Å². The van der Waals surface area contributed by atoms with Crippen LogP contribution in [0.5, 0.6) is 0 Å². The highest BCUT2D eigenvalue weighted by molar-refractivity contribution is 9.10. The van der Waals surface area contributed by atoms with Gasteiger partial charge in [-0.05, 0) is 43.5 Å². The van der Waals surface area contributed by atoms with Gasteiger partial charge in [0, 0.05) is 17.6 Å². The fourth-order valence-corrected chi connectivity index (χ4v) is 2.90. The van der Waals surface area contributed by atoms with E-state index in [1.54, 1.807) is 0 Å². The molecule has 19 heavy (non-hydrogen) atoms. The Balaban J connectivity index is 1.97. The summed E-state index contributed by atoms with van der Waals surface area (Å²) in [6, 6.07) is 5.65. The number of nitrogens with zero attached hydrogens (tertiary/aromatic N) is 1. The topological polar surface area (TPSA) is 29.5 Å². The molecule has 2 rings (SSSR count). The Morgan fingerprint density at radius 2 is 2.21 bits per heavy atom. The predicted molar refractivity (Wildman–Crippen MR) is 79.2 cm³/mol. The molecule has 0 heterocycles. The van der Waals surface area contributed by atoms with Gasteiger partial charge >= 0.3 is 5.97 Å². The van der Waals surface area contributed by atoms with Crippen molar-refractivity contribution in [2.45, 2.75) is 25.8 Å². The highest BCUT2D eigenvalue weighted by atomic mass is 79.9. The number of carbonyl (C=O) groups excluding carboxylic acids is 1. The molecule has 1 aliphatic carbocycles. The second-order valence-corrected chi connectivity index (χ2v) is 6.15. The Morgan fingerprint density at radius 3 is 2.74 bits per heavy atom. The highest BCUT2D eigenvalue weighted by Crippen LogP contribution is 2.28. The zero-order valence-corrected chi connectivity index (χ0v) is 13.1. The molecule has 104 valence electrons. The number of hydrogen-bond acceptors (Lipinski definition) is 3. The molecular weight excluding hydrogens is 306 g/mol. The molecule has 0 radical (unpaired) electrons. The highest BCUT2D eigenvalue weighted by Gasteiger charge is 2.19. The number of hydrogen-bond donors (Lipinski definition) is 0. The molecule has 0 atom stereocenters. The minimum Gasteiger partial charge on any atom is -0.465 e. The quantitative estimate of drug-likeness (QED) is 0.776. The van der Waals surface area contributed by atoms with Crippen molar-refractivity contribution in [2.24, 2.45) is 5.92 Å². The number of rotatable bonds is 5. The smallest absolute Gasteiger partial charge is 0.337 e. The molecule has 1 fully saturated rings. The maximum Gasteiger partial charge on any atom is 0.337 e. The molecule has 0 aromatic heterocycles. The van der Waals surface area contributed by atoms with Gasteiger partial charge in [0.2, 0.25) is 0 Å². The Bertz CT molecular complexity index is 457. The van der Waals surface area contributed by atoms with Gasteiger partial charge in [0.25, 0.3) is 0 Å². The Hall–Kier alpha value is -0.870. The van der Waals surface area contributed by atoms with Crippen molar-refractivity contribution in [3.8, 4) is 0 Å². The fraction of sp³-hybridized carbons (Fsp3) is 0.533. The monoisotopic (exact) mass is 325 g/mol. The largest absolute Gasteiger partial charge is 0.465 e. The van der Waals surface area contributed by atoms with Gasteiger partial charge < -0.3 is 9.64 Å². The van der Waals surface area contributed by atoms with Gasteiger partial charge in [-0.1, -0.05) is 28.4 Å². The van der Waals surface area contributed by atoms with Crippen molar-refractivity contribution in [1.82, 2.24) is 4.90 Å². The minimum atomic E-state index is -0.296. The van der Waals surface area contributed by atoms with E-state index in [9.17, 15) is 4.79 Å². The van der Waals surface area contributed by atoms with E-state index in [0.717, 1.165) is 23.5 Å². The molecule has 0 bridgehead atoms. The van der Waals surface area contributed by atoms with Gasteiger partial charge in [-0.25, -0.2) is 4.79 Å². The molecular formula is C15H20BrNO2. The van der Waals surface area contributed by atoms with Crippen molar-refractivity contribution >= 4 is 21.9 Å². The standard InChI is InChI=1S/C15H20BrNO2/c1-17(9-11-4-3-5-11)10-13-7-6-12(8-14(13)16)15(18)19-2/h6-8,11H,3-5,9-10H2,1-2H3. The summed E-state index contributed by atoms with van der Waals surface area (Å²) in [5.74, 6) is 0.577. The number of methoxy groups -OCH3 is 1. The third kappa shape index (κ3) is 3.80. The lowest BCUT2D eigenvalue weighted by atomic mass is 9.85. The number of esters is 1. The Labute approximate surface area is 123 Å². The first-order valence-corrected chi connectivity index (χ1v) is 7.44. The first-order valence-electron chi connectivity index (χ1n) is 6.65. The summed E-state index contributed by atoms with van der Waals surface area (Å²) in [6.07, 6.45) is 4.12. The summed E-state index contributed by atoms with van der Waals surface area (Å²) in [5, 5.41) is 0. The molecule has 0 amide bonds. The van der Waals surface area contributed by atoms with Crippen LogP contribution < -0.4 is 0 Å². The van der Waals surface area contributed by atoms with Gasteiger partial charge in [0.15, 0.2) is 0 Å². The van der Waals surface area contributed by atoms with Crippen molar-refractivity contribution in [3.05, 3.63) is 33.8 Å². The van der Waals surface area contributed by atoms with Crippen LogP contribution in [-0.2, 0) is 11.3 Å². The maximum absolute atomic E-state index is 11.4. The van der Waals surface area contributed by atoms with E-state index in [-0.39, 0.29) is 5.97 Å². The van der Waals surface area contributed by atoms with Crippen LogP contribution >= 0.6 is 15.9 Å². The summed E-state index contributed by atoms with van der Waals surface area (Å²) < 4.78 is 5.69. The zero-order valence-electron chi connectivity index (χ0n) is 11.5. The van der Waals surface area contributed by atoms with Crippen molar-refractivity contribution < 1.29 is 9.53 Å². The van der Waals surface area contributed by atoms with E-state index in [0.29, 0.717) is 5.56 Å². The van der Waals surface area contributed by atoms with Crippen molar-refractivity contribution in [1.29, 1.82) is 0 Å². The summed E-state index contributed by atoms with van der Waals surface area (Å²) in [6.45, 7) is 2.06. The molecule has 1 aromatic rings. The van der Waals surface area contributed by atoms with E-state index in [1.807, 2.05) is 18.2 Å². The second-order valence-electron chi connectivity index (χ2n) is 5.29. The van der Waals surface area contributed by atoms with Gasteiger partial charge in [-0.3, -0.25) is 0 Å². The average molecular weight is 326 g/mol. The lowest BCUT2D eigenvalue weighted by Gasteiger charge is -2.30. The molecule has 0 spiro atoms. The zero-order chi connectivity index (χ0) is 13.8. The van der Waals surface area contributed by atoms with Crippen molar-refractivity contribution in [3.63, 3.8) is 0 Å². The predicted octanol–water partition coefficient (Wildman–Crippen LogP) is 3.47. The third-order valence-electron chi connectivity index (χ3n) is 3.71. The van der Waals surface area contributed by atoms with Crippen LogP contribution in [0.25, 0.3) is 0 Å². The number of carbonyl (C=O) groups is 1. The molecule has 0 aliphatic heterocycles. The van der Waals surface area contributed by atoms with Gasteiger partial charge in [0.1, 0.15) is 0 Å². The van der Waals surface area contributed by atoms with Crippen LogP contribution in [0.1, 0.15) is 35.2 Å². The fourth-order valence-electron chi connectivity index (χ4n) is 2.39. The van der Waals surface area contributed by atoms with Crippen molar-refractivity contribution in [2.75, 3.05) is 20.7 Å². The molecule has 0 unspecified atom stereocenters. The average Bonchev–Trinajstić information content (AvgIpc) is 2.35. The Morgan fingerprint density at radius 1 is 1.47 bits per heavy atom. The van der Waals surface area contributed by atoms with Crippen LogP contribution in [0.3, 0.4) is 0 Å². The lowest BCUT2D eigenvalue weighted by Crippen LogP contribution is -2.29. The van der Waals surface area contributed by atoms with E-state index in [1.165, 1.54) is 31.9 Å². The SMILES string of the molecule is COC(=O)c1ccc(CN(C)CC2CCC2)c(Br)c1. The molecule has 4 heteroatoms. The number of benzene rings is 1. The molecule has 1 saturated carbocycles. The lowest BCUT2D eigenvalue weighted by molar-refractivity contribution is 0.0600. The van der Waals surface area contributed by atoms with E-state index < -0.39 is 0 Å².